The summed E-state index contributed by atoms with van der Waals surface area (Å²) < 4.78 is 25.6. The van der Waals surface area contributed by atoms with Gasteiger partial charge in [-0.05, 0) is 24.3 Å². The minimum atomic E-state index is -0.797. The monoisotopic (exact) mass is 229 g/mol. The molecule has 1 aliphatic heterocycles. The Balaban J connectivity index is 2.07. The van der Waals surface area contributed by atoms with Gasteiger partial charge in [-0.25, -0.2) is 8.78 Å². The summed E-state index contributed by atoms with van der Waals surface area (Å²) in [7, 11) is 0. The molecule has 0 spiro atoms. The van der Waals surface area contributed by atoms with Crippen LogP contribution in [0.5, 0.6) is 0 Å². The average molecular weight is 229 g/mol. The fraction of sp³-hybridized carbons (Fsp3) is 0.455. The van der Waals surface area contributed by atoms with E-state index in [1.807, 2.05) is 11.8 Å². The first-order valence-corrected chi connectivity index (χ1v) is 6.05. The highest BCUT2D eigenvalue weighted by Gasteiger charge is 2.23. The number of anilines is 1. The highest BCUT2D eigenvalue weighted by Crippen LogP contribution is 2.29. The molecule has 0 amide bonds. The Kier molecular flexibility index (Phi) is 3.14. The van der Waals surface area contributed by atoms with Gasteiger partial charge in [0.2, 0.25) is 0 Å². The molecule has 1 aromatic rings. The van der Waals surface area contributed by atoms with Gasteiger partial charge in [-0.2, -0.15) is 11.8 Å². The van der Waals surface area contributed by atoms with Crippen molar-refractivity contribution in [3.8, 4) is 0 Å². The van der Waals surface area contributed by atoms with E-state index in [1.54, 1.807) is 6.07 Å². The van der Waals surface area contributed by atoms with Gasteiger partial charge in [0.25, 0.3) is 0 Å². The van der Waals surface area contributed by atoms with E-state index < -0.39 is 11.6 Å². The van der Waals surface area contributed by atoms with Crippen molar-refractivity contribution >= 4 is 17.4 Å². The maximum atomic E-state index is 12.9. The Hall–Kier alpha value is -0.770. The predicted octanol–water partition coefficient (Wildman–Crippen LogP) is 3.27. The van der Waals surface area contributed by atoms with Crippen LogP contribution in [0.1, 0.15) is 13.3 Å². The van der Waals surface area contributed by atoms with Crippen molar-refractivity contribution in [3.63, 3.8) is 0 Å². The molecule has 1 aliphatic rings. The van der Waals surface area contributed by atoms with Crippen LogP contribution in [-0.2, 0) is 0 Å². The minimum absolute atomic E-state index is 0.361. The number of benzene rings is 1. The standard InChI is InChI=1S/C11H13F2NS/c1-7-11(4-5-15-7)14-8-2-3-9(12)10(13)6-8/h2-3,6-7,11,14H,4-5H2,1H3. The predicted molar refractivity (Wildman–Crippen MR) is 60.3 cm³/mol. The zero-order chi connectivity index (χ0) is 10.8. The molecule has 15 heavy (non-hydrogen) atoms. The third-order valence-electron chi connectivity index (χ3n) is 2.65. The number of thioether (sulfide) groups is 1. The molecule has 1 nitrogen and oxygen atoms in total. The Labute approximate surface area is 92.3 Å². The summed E-state index contributed by atoms with van der Waals surface area (Å²) in [5.41, 5.74) is 0.660. The quantitative estimate of drug-likeness (QED) is 0.835. The number of hydrogen-bond donors (Lipinski definition) is 1. The molecule has 2 rings (SSSR count). The molecule has 0 aromatic heterocycles. The molecule has 1 heterocycles. The molecule has 0 aliphatic carbocycles. The highest BCUT2D eigenvalue weighted by atomic mass is 32.2. The second-order valence-corrected chi connectivity index (χ2v) is 5.23. The summed E-state index contributed by atoms with van der Waals surface area (Å²) in [6.07, 6.45) is 1.07. The van der Waals surface area contributed by atoms with E-state index in [-0.39, 0.29) is 0 Å². The fourth-order valence-corrected chi connectivity index (χ4v) is 2.92. The second-order valence-electron chi connectivity index (χ2n) is 3.74. The maximum Gasteiger partial charge on any atom is 0.160 e. The SMILES string of the molecule is CC1SCCC1Nc1ccc(F)c(F)c1. The normalized spacial score (nSPS) is 25.5. The molecule has 82 valence electrons. The Bertz CT molecular complexity index is 356. The smallest absolute Gasteiger partial charge is 0.160 e. The lowest BCUT2D eigenvalue weighted by Crippen LogP contribution is -2.24. The van der Waals surface area contributed by atoms with E-state index in [2.05, 4.69) is 12.2 Å². The zero-order valence-corrected chi connectivity index (χ0v) is 9.28. The van der Waals surface area contributed by atoms with E-state index in [1.165, 1.54) is 6.07 Å². The third kappa shape index (κ3) is 2.43. The van der Waals surface area contributed by atoms with Crippen LogP contribution in [0.25, 0.3) is 0 Å². The van der Waals surface area contributed by atoms with Crippen molar-refractivity contribution in [1.29, 1.82) is 0 Å². The molecule has 0 bridgehead atoms. The van der Waals surface area contributed by atoms with Gasteiger partial charge in [-0.15, -0.1) is 0 Å². The van der Waals surface area contributed by atoms with Crippen molar-refractivity contribution < 1.29 is 8.78 Å². The molecule has 0 saturated carbocycles. The van der Waals surface area contributed by atoms with Gasteiger partial charge in [0, 0.05) is 23.0 Å². The number of halogens is 2. The second kappa shape index (κ2) is 4.39. The molecule has 2 unspecified atom stereocenters. The molecular formula is C11H13F2NS. The summed E-state index contributed by atoms with van der Waals surface area (Å²) in [5.74, 6) is -0.463. The first kappa shape index (κ1) is 10.7. The van der Waals surface area contributed by atoms with Gasteiger partial charge in [0.05, 0.1) is 0 Å². The fourth-order valence-electron chi connectivity index (χ4n) is 1.72. The molecular weight excluding hydrogens is 216 g/mol. The molecule has 0 radical (unpaired) electrons. The van der Waals surface area contributed by atoms with Crippen LogP contribution in [0.3, 0.4) is 0 Å². The van der Waals surface area contributed by atoms with E-state index in [4.69, 9.17) is 0 Å². The lowest BCUT2D eigenvalue weighted by molar-refractivity contribution is 0.509. The molecule has 1 fully saturated rings. The maximum absolute atomic E-state index is 12.9. The topological polar surface area (TPSA) is 12.0 Å². The van der Waals surface area contributed by atoms with Gasteiger partial charge >= 0.3 is 0 Å². The van der Waals surface area contributed by atoms with Gasteiger partial charge in [-0.1, -0.05) is 6.92 Å². The summed E-state index contributed by atoms with van der Waals surface area (Å²) in [4.78, 5) is 0. The van der Waals surface area contributed by atoms with E-state index >= 15 is 0 Å². The number of hydrogen-bond acceptors (Lipinski definition) is 2. The Morgan fingerprint density at radius 3 is 2.73 bits per heavy atom. The first-order valence-electron chi connectivity index (χ1n) is 5.00. The minimum Gasteiger partial charge on any atom is -0.381 e. The molecule has 1 N–H and O–H groups in total. The lowest BCUT2D eigenvalue weighted by Gasteiger charge is -2.17. The van der Waals surface area contributed by atoms with Gasteiger partial charge < -0.3 is 5.32 Å². The first-order chi connectivity index (χ1) is 7.16. The van der Waals surface area contributed by atoms with Crippen molar-refractivity contribution in [2.24, 2.45) is 0 Å². The van der Waals surface area contributed by atoms with Gasteiger partial charge in [-0.3, -0.25) is 0 Å². The van der Waals surface area contributed by atoms with Crippen LogP contribution in [-0.4, -0.2) is 17.0 Å². The Morgan fingerprint density at radius 2 is 2.13 bits per heavy atom. The summed E-state index contributed by atoms with van der Waals surface area (Å²) in [6, 6.07) is 4.31. The summed E-state index contributed by atoms with van der Waals surface area (Å²) in [5, 5.41) is 3.76. The third-order valence-corrected chi connectivity index (χ3v) is 3.97. The van der Waals surface area contributed by atoms with Crippen LogP contribution in [0.2, 0.25) is 0 Å². The van der Waals surface area contributed by atoms with Crippen LogP contribution in [0.15, 0.2) is 18.2 Å². The van der Waals surface area contributed by atoms with Crippen LogP contribution in [0.4, 0.5) is 14.5 Å². The van der Waals surface area contributed by atoms with Crippen molar-refractivity contribution in [2.75, 3.05) is 11.1 Å². The van der Waals surface area contributed by atoms with Gasteiger partial charge in [0.15, 0.2) is 11.6 Å². The van der Waals surface area contributed by atoms with Crippen molar-refractivity contribution in [3.05, 3.63) is 29.8 Å². The average Bonchev–Trinajstić information content (AvgIpc) is 2.59. The molecule has 1 aromatic carbocycles. The number of rotatable bonds is 2. The molecule has 4 heteroatoms. The van der Waals surface area contributed by atoms with Crippen LogP contribution >= 0.6 is 11.8 Å². The van der Waals surface area contributed by atoms with E-state index in [9.17, 15) is 8.78 Å². The van der Waals surface area contributed by atoms with E-state index in [0.717, 1.165) is 18.2 Å². The Morgan fingerprint density at radius 1 is 1.33 bits per heavy atom. The summed E-state index contributed by atoms with van der Waals surface area (Å²) >= 11 is 1.90. The van der Waals surface area contributed by atoms with E-state index in [0.29, 0.717) is 17.0 Å². The van der Waals surface area contributed by atoms with Crippen molar-refractivity contribution in [2.45, 2.75) is 24.6 Å². The summed E-state index contributed by atoms with van der Waals surface area (Å²) in [6.45, 7) is 2.15. The number of nitrogens with one attached hydrogen (secondary N) is 1. The largest absolute Gasteiger partial charge is 0.381 e. The highest BCUT2D eigenvalue weighted by molar-refractivity contribution is 8.00. The van der Waals surface area contributed by atoms with Crippen molar-refractivity contribution in [1.82, 2.24) is 0 Å². The van der Waals surface area contributed by atoms with Gasteiger partial charge in [0.1, 0.15) is 0 Å². The molecule has 2 atom stereocenters. The zero-order valence-electron chi connectivity index (χ0n) is 8.47. The van der Waals surface area contributed by atoms with Crippen LogP contribution < -0.4 is 5.32 Å². The lowest BCUT2D eigenvalue weighted by atomic mass is 10.1. The van der Waals surface area contributed by atoms with Crippen LogP contribution in [0, 0.1) is 11.6 Å². The molecule has 1 saturated heterocycles.